The summed E-state index contributed by atoms with van der Waals surface area (Å²) < 4.78 is 2.79. The molecule has 0 aliphatic rings. The lowest BCUT2D eigenvalue weighted by Gasteiger charge is -2.44. The maximum atomic E-state index is 3.80. The quantitative estimate of drug-likeness (QED) is 0.389. The molecule has 0 amide bonds. The third-order valence-corrected chi connectivity index (χ3v) is 13.5. The van der Waals surface area contributed by atoms with Crippen molar-refractivity contribution in [2.75, 3.05) is 6.54 Å². The molecular weight excluding hydrogens is 356 g/mol. The van der Waals surface area contributed by atoms with Gasteiger partial charge in [-0.25, -0.2) is 0 Å². The van der Waals surface area contributed by atoms with Gasteiger partial charge in [0.25, 0.3) is 0 Å². The van der Waals surface area contributed by atoms with Crippen LogP contribution >= 0.6 is 0 Å². The van der Waals surface area contributed by atoms with Crippen LogP contribution in [0.1, 0.15) is 80.2 Å². The van der Waals surface area contributed by atoms with Gasteiger partial charge >= 0.3 is 0 Å². The van der Waals surface area contributed by atoms with E-state index >= 15 is 0 Å². The molecule has 0 saturated heterocycles. The lowest BCUT2D eigenvalue weighted by atomic mass is 10.0. The second-order valence-electron chi connectivity index (χ2n) is 9.54. The number of nitrogens with zero attached hydrogens (tertiary/aromatic N) is 1. The fourth-order valence-corrected chi connectivity index (χ4v) is 12.5. The van der Waals surface area contributed by atoms with Crippen LogP contribution in [0.5, 0.6) is 0 Å². The lowest BCUT2D eigenvalue weighted by molar-refractivity contribution is 0.473. The van der Waals surface area contributed by atoms with Gasteiger partial charge in [-0.2, -0.15) is 0 Å². The highest BCUT2D eigenvalue weighted by Crippen LogP contribution is 2.44. The zero-order chi connectivity index (χ0) is 20.9. The standard InChI is InChI=1S/C25H44N2Si/c1-9-13-23(26-16-10-2)17-22-18-27(25-15-12-11-14-24(22)25)28(19(3)4,20(5)6)21(7)8/h11-12,14-15,18-21,23,26H,9-10,13,16-17H2,1-8H3/t23-/m1/s1. The van der Waals surface area contributed by atoms with Gasteiger partial charge in [0.15, 0.2) is 8.24 Å². The predicted octanol–water partition coefficient (Wildman–Crippen LogP) is 7.38. The van der Waals surface area contributed by atoms with E-state index in [0.717, 1.165) is 13.0 Å². The Labute approximate surface area is 175 Å². The first-order valence-corrected chi connectivity index (χ1v) is 13.8. The minimum absolute atomic E-state index is 0.581. The molecule has 2 nitrogen and oxygen atoms in total. The Morgan fingerprint density at radius 2 is 1.50 bits per heavy atom. The van der Waals surface area contributed by atoms with Crippen LogP contribution in [-0.4, -0.2) is 25.1 Å². The van der Waals surface area contributed by atoms with Crippen LogP contribution in [0.2, 0.25) is 16.6 Å². The van der Waals surface area contributed by atoms with E-state index in [0.29, 0.717) is 22.7 Å². The Kier molecular flexibility index (Phi) is 8.39. The topological polar surface area (TPSA) is 17.0 Å². The molecule has 1 aromatic heterocycles. The maximum absolute atomic E-state index is 3.80. The van der Waals surface area contributed by atoms with Crippen molar-refractivity contribution >= 4 is 19.1 Å². The SMILES string of the molecule is CCCN[C@H](CCC)Cc1cn([Si](C(C)C)(C(C)C)C(C)C)c2ccccc12. The van der Waals surface area contributed by atoms with Gasteiger partial charge in [-0.3, -0.25) is 0 Å². The summed E-state index contributed by atoms with van der Waals surface area (Å²) >= 11 is 0. The van der Waals surface area contributed by atoms with Gasteiger partial charge in [-0.15, -0.1) is 0 Å². The third kappa shape index (κ3) is 4.41. The van der Waals surface area contributed by atoms with Gasteiger partial charge in [0.05, 0.1) is 0 Å². The summed E-state index contributed by atoms with van der Waals surface area (Å²) in [6, 6.07) is 9.74. The largest absolute Gasteiger partial charge is 0.373 e. The second kappa shape index (κ2) is 10.1. The van der Waals surface area contributed by atoms with Crippen LogP contribution in [0.4, 0.5) is 0 Å². The van der Waals surface area contributed by atoms with E-state index in [4.69, 9.17) is 0 Å². The third-order valence-electron chi connectivity index (χ3n) is 6.77. The molecule has 2 aromatic rings. The Morgan fingerprint density at radius 3 is 2.04 bits per heavy atom. The van der Waals surface area contributed by atoms with Gasteiger partial charge in [-0.05, 0) is 60.3 Å². The second-order valence-corrected chi connectivity index (χ2v) is 15.3. The monoisotopic (exact) mass is 400 g/mol. The van der Waals surface area contributed by atoms with Crippen molar-refractivity contribution in [3.63, 3.8) is 0 Å². The van der Waals surface area contributed by atoms with Crippen LogP contribution in [0.3, 0.4) is 0 Å². The van der Waals surface area contributed by atoms with Crippen molar-refractivity contribution in [3.05, 3.63) is 36.0 Å². The zero-order valence-corrected chi connectivity index (χ0v) is 20.7. The predicted molar refractivity (Wildman–Crippen MR) is 129 cm³/mol. The normalized spacial score (nSPS) is 14.0. The van der Waals surface area contributed by atoms with E-state index in [2.05, 4.69) is 95.4 Å². The molecule has 1 aromatic carbocycles. The lowest BCUT2D eigenvalue weighted by Crippen LogP contribution is -2.51. The van der Waals surface area contributed by atoms with Gasteiger partial charge in [0, 0.05) is 16.9 Å². The Hall–Kier alpha value is -1.06. The van der Waals surface area contributed by atoms with Crippen LogP contribution in [-0.2, 0) is 6.42 Å². The molecule has 1 N–H and O–H groups in total. The molecule has 0 unspecified atom stereocenters. The maximum Gasteiger partial charge on any atom is 0.169 e. The molecule has 158 valence electrons. The van der Waals surface area contributed by atoms with E-state index in [1.54, 1.807) is 0 Å². The van der Waals surface area contributed by atoms with E-state index in [1.165, 1.54) is 35.7 Å². The molecule has 0 fully saturated rings. The van der Waals surface area contributed by atoms with Crippen LogP contribution in [0, 0.1) is 0 Å². The number of benzene rings is 1. The average molecular weight is 401 g/mol. The number of hydrogen-bond donors (Lipinski definition) is 1. The molecular formula is C25H44N2Si. The van der Waals surface area contributed by atoms with Gasteiger partial charge in [0.1, 0.15) is 0 Å². The van der Waals surface area contributed by atoms with Crippen molar-refractivity contribution in [1.29, 1.82) is 0 Å². The first-order valence-electron chi connectivity index (χ1n) is 11.6. The van der Waals surface area contributed by atoms with Crippen LogP contribution in [0.25, 0.3) is 10.9 Å². The molecule has 0 aliphatic carbocycles. The van der Waals surface area contributed by atoms with Crippen molar-refractivity contribution in [1.82, 2.24) is 9.55 Å². The highest BCUT2D eigenvalue weighted by atomic mass is 28.3. The Bertz CT molecular complexity index is 707. The highest BCUT2D eigenvalue weighted by molar-refractivity contribution is 6.82. The Balaban J connectivity index is 2.60. The van der Waals surface area contributed by atoms with E-state index in [9.17, 15) is 0 Å². The molecule has 1 heterocycles. The van der Waals surface area contributed by atoms with Crippen molar-refractivity contribution in [3.8, 4) is 0 Å². The number of rotatable bonds is 11. The minimum Gasteiger partial charge on any atom is -0.373 e. The van der Waals surface area contributed by atoms with Crippen molar-refractivity contribution in [2.24, 2.45) is 0 Å². The van der Waals surface area contributed by atoms with E-state index in [-0.39, 0.29) is 0 Å². The fraction of sp³-hybridized carbons (Fsp3) is 0.680. The molecule has 3 heteroatoms. The summed E-state index contributed by atoms with van der Waals surface area (Å²) in [6.07, 6.45) is 7.39. The molecule has 0 aliphatic heterocycles. The van der Waals surface area contributed by atoms with Crippen molar-refractivity contribution in [2.45, 2.75) is 104 Å². The summed E-state index contributed by atoms with van der Waals surface area (Å²) in [5.41, 5.74) is 5.13. The van der Waals surface area contributed by atoms with Crippen molar-refractivity contribution < 1.29 is 0 Å². The van der Waals surface area contributed by atoms with E-state index in [1.807, 2.05) is 0 Å². The molecule has 2 rings (SSSR count). The number of hydrogen-bond acceptors (Lipinski definition) is 1. The highest BCUT2D eigenvalue weighted by Gasteiger charge is 2.46. The first-order chi connectivity index (χ1) is 13.3. The first kappa shape index (κ1) is 23.2. The Morgan fingerprint density at radius 1 is 0.893 bits per heavy atom. The van der Waals surface area contributed by atoms with Crippen LogP contribution < -0.4 is 5.32 Å². The summed E-state index contributed by atoms with van der Waals surface area (Å²) in [7, 11) is -1.75. The fourth-order valence-electron chi connectivity index (χ4n) is 5.81. The number of nitrogens with one attached hydrogen (secondary N) is 1. The molecule has 0 saturated carbocycles. The number of para-hydroxylation sites is 1. The molecule has 0 radical (unpaired) electrons. The number of aromatic nitrogens is 1. The minimum atomic E-state index is -1.75. The van der Waals surface area contributed by atoms with Crippen LogP contribution in [0.15, 0.2) is 30.5 Å². The summed E-state index contributed by atoms with van der Waals surface area (Å²) in [5, 5.41) is 5.27. The molecule has 0 bridgehead atoms. The molecule has 1 atom stereocenters. The zero-order valence-electron chi connectivity index (χ0n) is 19.7. The summed E-state index contributed by atoms with van der Waals surface area (Å²) in [4.78, 5) is 0. The average Bonchev–Trinajstić information content (AvgIpc) is 2.98. The molecule has 0 spiro atoms. The van der Waals surface area contributed by atoms with E-state index < -0.39 is 8.24 Å². The van der Waals surface area contributed by atoms with Gasteiger partial charge in [-0.1, -0.05) is 80.0 Å². The summed E-state index contributed by atoms with van der Waals surface area (Å²) in [6.45, 7) is 20.5. The van der Waals surface area contributed by atoms with Gasteiger partial charge < -0.3 is 9.55 Å². The number of fused-ring (bicyclic) bond motifs is 1. The summed E-state index contributed by atoms with van der Waals surface area (Å²) in [5.74, 6) is 0. The van der Waals surface area contributed by atoms with Gasteiger partial charge in [0.2, 0.25) is 0 Å². The smallest absolute Gasteiger partial charge is 0.169 e. The molecule has 28 heavy (non-hydrogen) atoms.